The molecule has 3 aromatic rings. The van der Waals surface area contributed by atoms with E-state index in [2.05, 4.69) is 37.1 Å². The van der Waals surface area contributed by atoms with Crippen LogP contribution in [-0.2, 0) is 24.9 Å². The van der Waals surface area contributed by atoms with E-state index in [0.717, 1.165) is 55.4 Å². The predicted octanol–water partition coefficient (Wildman–Crippen LogP) is 2.79. The molecule has 0 radical (unpaired) electrons. The van der Waals surface area contributed by atoms with E-state index in [9.17, 15) is 4.79 Å². The van der Waals surface area contributed by atoms with Crippen LogP contribution in [0.4, 0.5) is 10.6 Å². The Morgan fingerprint density at radius 1 is 1.09 bits per heavy atom. The van der Waals surface area contributed by atoms with Crippen molar-refractivity contribution in [1.29, 1.82) is 0 Å². The van der Waals surface area contributed by atoms with Crippen LogP contribution in [0.5, 0.6) is 0 Å². The molecule has 0 saturated carbocycles. The van der Waals surface area contributed by atoms with E-state index < -0.39 is 6.09 Å². The molecule has 3 heterocycles. The maximum absolute atomic E-state index is 11.3. The SMILES string of the molecule is CNC(=O)OCc1ccc(-c2nccnc2N2CCN(Cc3cnn(C)c3C)CC2)cc1.Cl. The molecule has 0 aliphatic carbocycles. The Balaban J connectivity index is 0.00000306. The zero-order valence-corrected chi connectivity index (χ0v) is 20.0. The van der Waals surface area contributed by atoms with Gasteiger partial charge in [0.1, 0.15) is 12.3 Å². The maximum atomic E-state index is 11.3. The summed E-state index contributed by atoms with van der Waals surface area (Å²) < 4.78 is 7.03. The lowest BCUT2D eigenvalue weighted by Crippen LogP contribution is -2.46. The zero-order valence-electron chi connectivity index (χ0n) is 19.2. The van der Waals surface area contributed by atoms with Crippen LogP contribution in [0.1, 0.15) is 16.8 Å². The zero-order chi connectivity index (χ0) is 22.5. The minimum absolute atomic E-state index is 0. The molecule has 9 nitrogen and oxygen atoms in total. The highest BCUT2D eigenvalue weighted by molar-refractivity contribution is 5.85. The van der Waals surface area contributed by atoms with Crippen molar-refractivity contribution in [2.75, 3.05) is 38.1 Å². The van der Waals surface area contributed by atoms with Gasteiger partial charge in [-0.2, -0.15) is 5.10 Å². The first kappa shape index (κ1) is 24.5. The Morgan fingerprint density at radius 3 is 2.42 bits per heavy atom. The van der Waals surface area contributed by atoms with Crippen LogP contribution in [-0.4, -0.2) is 64.0 Å². The van der Waals surface area contributed by atoms with E-state index in [1.165, 1.54) is 11.3 Å². The number of hydrogen-bond acceptors (Lipinski definition) is 7. The minimum Gasteiger partial charge on any atom is -0.445 e. The number of nitrogens with zero attached hydrogens (tertiary/aromatic N) is 6. The largest absolute Gasteiger partial charge is 0.445 e. The van der Waals surface area contributed by atoms with E-state index in [-0.39, 0.29) is 19.0 Å². The average Bonchev–Trinajstić information content (AvgIpc) is 3.15. The third kappa shape index (κ3) is 5.80. The summed E-state index contributed by atoms with van der Waals surface area (Å²) in [6, 6.07) is 7.89. The number of ether oxygens (including phenoxy) is 1. The van der Waals surface area contributed by atoms with Gasteiger partial charge < -0.3 is 15.0 Å². The van der Waals surface area contributed by atoms with Crippen molar-refractivity contribution in [3.63, 3.8) is 0 Å². The van der Waals surface area contributed by atoms with Crippen molar-refractivity contribution in [3.8, 4) is 11.3 Å². The molecule has 0 bridgehead atoms. The number of anilines is 1. The minimum atomic E-state index is -0.442. The van der Waals surface area contributed by atoms with Crippen LogP contribution < -0.4 is 10.2 Å². The van der Waals surface area contributed by atoms with Crippen LogP contribution in [0.2, 0.25) is 0 Å². The Bertz CT molecular complexity index is 1060. The van der Waals surface area contributed by atoms with Crippen molar-refractivity contribution in [2.45, 2.75) is 20.1 Å². The number of amides is 1. The summed E-state index contributed by atoms with van der Waals surface area (Å²) in [4.78, 5) is 25.3. The lowest BCUT2D eigenvalue weighted by atomic mass is 10.1. The molecule has 1 aliphatic rings. The van der Waals surface area contributed by atoms with Crippen molar-refractivity contribution in [2.24, 2.45) is 7.05 Å². The predicted molar refractivity (Wildman–Crippen MR) is 129 cm³/mol. The molecule has 176 valence electrons. The molecule has 0 atom stereocenters. The van der Waals surface area contributed by atoms with Crippen molar-refractivity contribution in [3.05, 3.63) is 59.7 Å². The maximum Gasteiger partial charge on any atom is 0.407 e. The van der Waals surface area contributed by atoms with Gasteiger partial charge in [0.15, 0.2) is 5.82 Å². The molecule has 33 heavy (non-hydrogen) atoms. The van der Waals surface area contributed by atoms with Gasteiger partial charge in [-0.3, -0.25) is 14.6 Å². The highest BCUT2D eigenvalue weighted by atomic mass is 35.5. The topological polar surface area (TPSA) is 88.4 Å². The third-order valence-electron chi connectivity index (χ3n) is 5.88. The van der Waals surface area contributed by atoms with Gasteiger partial charge in [0, 0.05) is 76.0 Å². The van der Waals surface area contributed by atoms with Crippen LogP contribution >= 0.6 is 12.4 Å². The lowest BCUT2D eigenvalue weighted by Gasteiger charge is -2.35. The van der Waals surface area contributed by atoms with Gasteiger partial charge in [-0.05, 0) is 12.5 Å². The number of alkyl carbamates (subject to hydrolysis) is 1. The number of halogens is 1. The molecule has 0 unspecified atom stereocenters. The van der Waals surface area contributed by atoms with Crippen molar-refractivity contribution >= 4 is 24.3 Å². The molecule has 1 saturated heterocycles. The second kappa shape index (κ2) is 11.1. The van der Waals surface area contributed by atoms with E-state index >= 15 is 0 Å². The number of hydrogen-bond donors (Lipinski definition) is 1. The van der Waals surface area contributed by atoms with Crippen molar-refractivity contribution in [1.82, 2.24) is 30.0 Å². The Kier molecular flexibility index (Phi) is 8.24. The summed E-state index contributed by atoms with van der Waals surface area (Å²) >= 11 is 0. The summed E-state index contributed by atoms with van der Waals surface area (Å²) in [5.74, 6) is 0.902. The van der Waals surface area contributed by atoms with Gasteiger partial charge in [0.05, 0.1) is 6.20 Å². The lowest BCUT2D eigenvalue weighted by molar-refractivity contribution is 0.142. The van der Waals surface area contributed by atoms with Crippen LogP contribution in [0, 0.1) is 6.92 Å². The van der Waals surface area contributed by atoms with Gasteiger partial charge in [0.25, 0.3) is 0 Å². The van der Waals surface area contributed by atoms with E-state index in [1.807, 2.05) is 42.2 Å². The highest BCUT2D eigenvalue weighted by Crippen LogP contribution is 2.28. The molecular weight excluding hydrogens is 442 g/mol. The summed E-state index contributed by atoms with van der Waals surface area (Å²) in [5.41, 5.74) is 5.27. The fourth-order valence-corrected chi connectivity index (χ4v) is 3.80. The summed E-state index contributed by atoms with van der Waals surface area (Å²) in [7, 11) is 3.52. The average molecular weight is 472 g/mol. The molecule has 2 aromatic heterocycles. The number of benzene rings is 1. The number of carbonyl (C=O) groups excluding carboxylic acids is 1. The highest BCUT2D eigenvalue weighted by Gasteiger charge is 2.22. The Morgan fingerprint density at radius 2 is 1.79 bits per heavy atom. The van der Waals surface area contributed by atoms with Gasteiger partial charge in [-0.1, -0.05) is 24.3 Å². The van der Waals surface area contributed by atoms with Gasteiger partial charge >= 0.3 is 6.09 Å². The summed E-state index contributed by atoms with van der Waals surface area (Å²) in [6.07, 6.45) is 4.99. The number of rotatable bonds is 6. The fourth-order valence-electron chi connectivity index (χ4n) is 3.80. The molecule has 1 N–H and O–H groups in total. The summed E-state index contributed by atoms with van der Waals surface area (Å²) in [6.45, 7) is 6.96. The molecular formula is C23H30ClN7O2. The second-order valence-electron chi connectivity index (χ2n) is 7.89. The van der Waals surface area contributed by atoms with Crippen LogP contribution in [0.25, 0.3) is 11.3 Å². The normalized spacial score (nSPS) is 14.0. The van der Waals surface area contributed by atoms with Gasteiger partial charge in [0.2, 0.25) is 0 Å². The molecule has 1 amide bonds. The van der Waals surface area contributed by atoms with Crippen LogP contribution in [0.15, 0.2) is 42.9 Å². The summed E-state index contributed by atoms with van der Waals surface area (Å²) in [5, 5.41) is 6.80. The molecule has 1 aromatic carbocycles. The first-order chi connectivity index (χ1) is 15.5. The third-order valence-corrected chi connectivity index (χ3v) is 5.88. The van der Waals surface area contributed by atoms with E-state index in [0.29, 0.717) is 0 Å². The number of carbonyl (C=O) groups is 1. The monoisotopic (exact) mass is 471 g/mol. The number of aromatic nitrogens is 4. The smallest absolute Gasteiger partial charge is 0.407 e. The Hall–Kier alpha value is -3.17. The standard InChI is InChI=1S/C23H29N7O2.ClH/c1-17-20(14-27-28(17)3)15-29-10-12-30(13-11-29)22-21(25-8-9-26-22)19-6-4-18(5-7-19)16-32-23(31)24-2;/h4-9,14H,10-13,15-16H2,1-3H3,(H,24,31);1H. The van der Waals surface area contributed by atoms with E-state index in [4.69, 9.17) is 4.74 Å². The number of piperazine rings is 1. The quantitative estimate of drug-likeness (QED) is 0.591. The first-order valence-corrected chi connectivity index (χ1v) is 10.7. The van der Waals surface area contributed by atoms with Gasteiger partial charge in [-0.15, -0.1) is 12.4 Å². The van der Waals surface area contributed by atoms with Crippen LogP contribution in [0.3, 0.4) is 0 Å². The first-order valence-electron chi connectivity index (χ1n) is 10.7. The molecule has 1 fully saturated rings. The second-order valence-corrected chi connectivity index (χ2v) is 7.89. The molecule has 0 spiro atoms. The van der Waals surface area contributed by atoms with Gasteiger partial charge in [-0.25, -0.2) is 9.78 Å². The van der Waals surface area contributed by atoms with Crippen molar-refractivity contribution < 1.29 is 9.53 Å². The molecule has 10 heteroatoms. The number of aryl methyl sites for hydroxylation is 1. The molecule has 1 aliphatic heterocycles. The number of nitrogens with one attached hydrogen (secondary N) is 1. The van der Waals surface area contributed by atoms with E-state index in [1.54, 1.807) is 19.4 Å². The fraction of sp³-hybridized carbons (Fsp3) is 0.391. The molecule has 4 rings (SSSR count). The Labute approximate surface area is 200 Å².